The molecule has 1 fully saturated rings. The van der Waals surface area contributed by atoms with Gasteiger partial charge in [-0.05, 0) is 75.5 Å². The summed E-state index contributed by atoms with van der Waals surface area (Å²) >= 11 is 0. The van der Waals surface area contributed by atoms with Gasteiger partial charge >= 0.3 is 0 Å². The Balaban J connectivity index is 1.58. The largest absolute Gasteiger partial charge is 0.378 e. The summed E-state index contributed by atoms with van der Waals surface area (Å²) in [4.78, 5) is 0. The third kappa shape index (κ3) is 3.67. The molecule has 1 aromatic rings. The van der Waals surface area contributed by atoms with E-state index in [2.05, 4.69) is 36.6 Å². The highest BCUT2D eigenvalue weighted by Gasteiger charge is 2.26. The van der Waals surface area contributed by atoms with E-state index in [1.807, 2.05) is 0 Å². The third-order valence-electron chi connectivity index (χ3n) is 5.34. The van der Waals surface area contributed by atoms with Crippen molar-refractivity contribution in [2.75, 3.05) is 13.7 Å². The number of likely N-dealkylation sites (N-methyl/N-ethyl adjacent to an activating group) is 1. The van der Waals surface area contributed by atoms with Crippen LogP contribution in [0.3, 0.4) is 0 Å². The number of fused-ring (bicyclic) bond motifs is 1. The molecule has 0 aromatic heterocycles. The Kier molecular flexibility index (Phi) is 5.32. The maximum atomic E-state index is 5.75. The smallest absolute Gasteiger partial charge is 0.0576 e. The highest BCUT2D eigenvalue weighted by Crippen LogP contribution is 2.35. The summed E-state index contributed by atoms with van der Waals surface area (Å²) in [5.74, 6) is 0.699. The van der Waals surface area contributed by atoms with Crippen LogP contribution < -0.4 is 5.32 Å². The number of hydrogen-bond acceptors (Lipinski definition) is 2. The van der Waals surface area contributed by atoms with Crippen LogP contribution in [0, 0.1) is 0 Å². The van der Waals surface area contributed by atoms with E-state index < -0.39 is 0 Å². The molecule has 0 saturated carbocycles. The quantitative estimate of drug-likeness (QED) is 0.852. The van der Waals surface area contributed by atoms with Crippen LogP contribution in [0.4, 0.5) is 0 Å². The highest BCUT2D eigenvalue weighted by atomic mass is 16.5. The zero-order valence-corrected chi connectivity index (χ0v) is 13.3. The number of rotatable bonds is 6. The molecular weight excluding hydrogens is 258 g/mol. The lowest BCUT2D eigenvalue weighted by Gasteiger charge is -2.32. The second-order valence-corrected chi connectivity index (χ2v) is 6.66. The Morgan fingerprint density at radius 2 is 2.14 bits per heavy atom. The number of ether oxygens (including phenoxy) is 1. The van der Waals surface area contributed by atoms with Gasteiger partial charge in [-0.3, -0.25) is 0 Å². The van der Waals surface area contributed by atoms with E-state index in [1.54, 1.807) is 11.1 Å². The highest BCUT2D eigenvalue weighted by molar-refractivity contribution is 5.33. The van der Waals surface area contributed by atoms with Gasteiger partial charge in [0.05, 0.1) is 6.10 Å². The normalized spacial score (nSPS) is 26.5. The molecule has 0 bridgehead atoms. The predicted molar refractivity (Wildman–Crippen MR) is 87.8 cm³/mol. The topological polar surface area (TPSA) is 21.3 Å². The summed E-state index contributed by atoms with van der Waals surface area (Å²) < 4.78 is 5.75. The molecule has 1 saturated heterocycles. The Morgan fingerprint density at radius 1 is 1.24 bits per heavy atom. The van der Waals surface area contributed by atoms with Crippen molar-refractivity contribution in [1.82, 2.24) is 5.32 Å². The minimum absolute atomic E-state index is 0.543. The maximum absolute atomic E-state index is 5.75. The van der Waals surface area contributed by atoms with Crippen molar-refractivity contribution in [3.63, 3.8) is 0 Å². The molecule has 0 spiro atoms. The first-order valence-corrected chi connectivity index (χ1v) is 8.75. The second kappa shape index (κ2) is 7.42. The average Bonchev–Trinajstić information content (AvgIpc) is 3.05. The van der Waals surface area contributed by atoms with Crippen molar-refractivity contribution >= 4 is 0 Å². The molecule has 116 valence electrons. The molecule has 3 atom stereocenters. The second-order valence-electron chi connectivity index (χ2n) is 6.66. The molecule has 3 unspecified atom stereocenters. The van der Waals surface area contributed by atoms with E-state index in [1.165, 1.54) is 51.4 Å². The monoisotopic (exact) mass is 287 g/mol. The van der Waals surface area contributed by atoms with Gasteiger partial charge < -0.3 is 10.1 Å². The standard InChI is InChI=1S/C19H29NO/c1-20-19(13-5-9-16-10-6-14-21-16)18-12-4-8-15-7-2-3-11-17(15)18/h2-3,7,11,16,18-20H,4-6,8-10,12-14H2,1H3. The van der Waals surface area contributed by atoms with E-state index in [0.717, 1.165) is 6.61 Å². The molecule has 1 aliphatic carbocycles. The first kappa shape index (κ1) is 15.1. The molecule has 0 amide bonds. The molecular formula is C19H29NO. The number of hydrogen-bond donors (Lipinski definition) is 1. The molecule has 2 nitrogen and oxygen atoms in total. The third-order valence-corrected chi connectivity index (χ3v) is 5.34. The van der Waals surface area contributed by atoms with Gasteiger partial charge in [0.1, 0.15) is 0 Å². The first-order chi connectivity index (χ1) is 10.4. The van der Waals surface area contributed by atoms with Gasteiger partial charge in [-0.2, -0.15) is 0 Å². The minimum Gasteiger partial charge on any atom is -0.378 e. The van der Waals surface area contributed by atoms with Crippen LogP contribution in [0.2, 0.25) is 0 Å². The molecule has 1 aliphatic heterocycles. The molecule has 21 heavy (non-hydrogen) atoms. The number of benzene rings is 1. The molecule has 0 radical (unpaired) electrons. The number of nitrogens with one attached hydrogen (secondary N) is 1. The zero-order chi connectivity index (χ0) is 14.5. The van der Waals surface area contributed by atoms with E-state index in [-0.39, 0.29) is 0 Å². The van der Waals surface area contributed by atoms with E-state index in [9.17, 15) is 0 Å². The SMILES string of the molecule is CNC(CCCC1CCCO1)C1CCCc2ccccc21. The van der Waals surface area contributed by atoms with Crippen LogP contribution in [0.5, 0.6) is 0 Å². The van der Waals surface area contributed by atoms with E-state index in [0.29, 0.717) is 18.1 Å². The van der Waals surface area contributed by atoms with E-state index >= 15 is 0 Å². The minimum atomic E-state index is 0.543. The van der Waals surface area contributed by atoms with Crippen molar-refractivity contribution in [3.05, 3.63) is 35.4 Å². The summed E-state index contributed by atoms with van der Waals surface area (Å²) in [6.45, 7) is 0.982. The van der Waals surface area contributed by atoms with Gasteiger partial charge in [0, 0.05) is 12.6 Å². The lowest BCUT2D eigenvalue weighted by Crippen LogP contribution is -2.34. The predicted octanol–water partition coefficient (Wildman–Crippen LogP) is 4.04. The Labute approximate surface area is 129 Å². The summed E-state index contributed by atoms with van der Waals surface area (Å²) in [6, 6.07) is 9.68. The Morgan fingerprint density at radius 3 is 2.95 bits per heavy atom. The van der Waals surface area contributed by atoms with Crippen molar-refractivity contribution in [2.45, 2.75) is 69.4 Å². The summed E-state index contributed by atoms with van der Waals surface area (Å²) in [5.41, 5.74) is 3.17. The zero-order valence-electron chi connectivity index (χ0n) is 13.3. The van der Waals surface area contributed by atoms with Crippen molar-refractivity contribution in [3.8, 4) is 0 Å². The lowest BCUT2D eigenvalue weighted by atomic mass is 9.77. The first-order valence-electron chi connectivity index (χ1n) is 8.75. The fraction of sp³-hybridized carbons (Fsp3) is 0.684. The molecule has 1 heterocycles. The van der Waals surface area contributed by atoms with Gasteiger partial charge in [-0.25, -0.2) is 0 Å². The summed E-state index contributed by atoms with van der Waals surface area (Å²) in [5, 5.41) is 3.60. The van der Waals surface area contributed by atoms with Crippen LogP contribution in [-0.4, -0.2) is 25.8 Å². The van der Waals surface area contributed by atoms with Crippen LogP contribution in [0.25, 0.3) is 0 Å². The van der Waals surface area contributed by atoms with Crippen LogP contribution >= 0.6 is 0 Å². The van der Waals surface area contributed by atoms with Crippen molar-refractivity contribution in [2.24, 2.45) is 0 Å². The van der Waals surface area contributed by atoms with Crippen LogP contribution in [0.1, 0.15) is 62.0 Å². The number of aryl methyl sites for hydroxylation is 1. The van der Waals surface area contributed by atoms with Crippen LogP contribution in [-0.2, 0) is 11.2 Å². The molecule has 1 N–H and O–H groups in total. The maximum Gasteiger partial charge on any atom is 0.0576 e. The molecule has 2 heteroatoms. The lowest BCUT2D eigenvalue weighted by molar-refractivity contribution is 0.101. The average molecular weight is 287 g/mol. The Bertz CT molecular complexity index is 439. The molecule has 3 rings (SSSR count). The molecule has 1 aromatic carbocycles. The summed E-state index contributed by atoms with van der Waals surface area (Å²) in [7, 11) is 2.13. The van der Waals surface area contributed by atoms with Crippen LogP contribution in [0.15, 0.2) is 24.3 Å². The van der Waals surface area contributed by atoms with Crippen molar-refractivity contribution < 1.29 is 4.74 Å². The van der Waals surface area contributed by atoms with Gasteiger partial charge in [-0.15, -0.1) is 0 Å². The van der Waals surface area contributed by atoms with Crippen molar-refractivity contribution in [1.29, 1.82) is 0 Å². The fourth-order valence-corrected chi connectivity index (χ4v) is 4.19. The summed E-state index contributed by atoms with van der Waals surface area (Å²) in [6.07, 6.45) is 10.8. The Hall–Kier alpha value is -0.860. The fourth-order valence-electron chi connectivity index (χ4n) is 4.19. The van der Waals surface area contributed by atoms with Gasteiger partial charge in [0.2, 0.25) is 0 Å². The van der Waals surface area contributed by atoms with Gasteiger partial charge in [0.25, 0.3) is 0 Å². The van der Waals surface area contributed by atoms with Gasteiger partial charge in [-0.1, -0.05) is 24.3 Å². The molecule has 2 aliphatic rings. The van der Waals surface area contributed by atoms with E-state index in [4.69, 9.17) is 4.74 Å². The van der Waals surface area contributed by atoms with Gasteiger partial charge in [0.15, 0.2) is 0 Å².